The summed E-state index contributed by atoms with van der Waals surface area (Å²) in [4.78, 5) is 0. The molecule has 0 N–H and O–H groups in total. The van der Waals surface area contributed by atoms with Crippen molar-refractivity contribution >= 4 is 11.1 Å². The quantitative estimate of drug-likeness (QED) is 0.471. The Bertz CT molecular complexity index is 917. The van der Waals surface area contributed by atoms with Gasteiger partial charge in [-0.25, -0.2) is 0 Å². The molecule has 0 heteroatoms. The molecule has 0 nitrogen and oxygen atoms in total. The number of hydrogen-bond acceptors (Lipinski definition) is 0. The summed E-state index contributed by atoms with van der Waals surface area (Å²) in [6.45, 7) is 6.45. The lowest BCUT2D eigenvalue weighted by molar-refractivity contribution is 0.743. The van der Waals surface area contributed by atoms with Crippen LogP contribution in [0.1, 0.15) is 41.0 Å². The third-order valence-corrected chi connectivity index (χ3v) is 5.30. The molecule has 0 bridgehead atoms. The zero-order valence-corrected chi connectivity index (χ0v) is 14.5. The Morgan fingerprint density at radius 3 is 2.04 bits per heavy atom. The minimum absolute atomic E-state index is 0.275. The van der Waals surface area contributed by atoms with Crippen LogP contribution in [0.2, 0.25) is 0 Å². The van der Waals surface area contributed by atoms with Crippen LogP contribution in [-0.4, -0.2) is 0 Å². The molecule has 0 saturated carbocycles. The predicted molar refractivity (Wildman–Crippen MR) is 107 cm³/mol. The zero-order chi connectivity index (χ0) is 17.2. The van der Waals surface area contributed by atoms with E-state index in [1.165, 1.54) is 33.4 Å². The van der Waals surface area contributed by atoms with E-state index in [4.69, 9.17) is 0 Å². The Kier molecular flexibility index (Phi) is 4.11. The van der Waals surface area contributed by atoms with E-state index in [1.54, 1.807) is 0 Å². The average Bonchev–Trinajstić information content (AvgIpc) is 2.69. The molecule has 122 valence electrons. The lowest BCUT2D eigenvalue weighted by atomic mass is 9.67. The molecule has 3 aromatic carbocycles. The van der Waals surface area contributed by atoms with Gasteiger partial charge in [-0.1, -0.05) is 91.0 Å². The van der Waals surface area contributed by atoms with Gasteiger partial charge in [0, 0.05) is 11.8 Å². The average molecular weight is 322 g/mol. The van der Waals surface area contributed by atoms with Crippen LogP contribution in [-0.2, 0) is 0 Å². The van der Waals surface area contributed by atoms with E-state index in [2.05, 4.69) is 105 Å². The van der Waals surface area contributed by atoms with E-state index in [0.29, 0.717) is 0 Å². The molecular weight excluding hydrogens is 300 g/mol. The summed E-state index contributed by atoms with van der Waals surface area (Å²) in [5.74, 6) is 0.563. The standard InChI is InChI=1S/C25H22/c1-3-21-23-17-11-10-16-22(23)18(2)24(19-12-6-4-7-13-19)25(21)20-14-8-5-9-15-20/h3-17,21,25H,1H2,2H3. The molecule has 0 spiro atoms. The summed E-state index contributed by atoms with van der Waals surface area (Å²) < 4.78 is 0. The van der Waals surface area contributed by atoms with E-state index in [9.17, 15) is 0 Å². The molecule has 4 rings (SSSR count). The Hall–Kier alpha value is -2.86. The van der Waals surface area contributed by atoms with Crippen LogP contribution in [0.15, 0.2) is 97.6 Å². The fraction of sp³-hybridized carbons (Fsp3) is 0.120. The molecule has 0 fully saturated rings. The van der Waals surface area contributed by atoms with Crippen LogP contribution >= 0.6 is 0 Å². The summed E-state index contributed by atoms with van der Waals surface area (Å²) >= 11 is 0. The highest BCUT2D eigenvalue weighted by Crippen LogP contribution is 2.51. The van der Waals surface area contributed by atoms with E-state index in [1.807, 2.05) is 0 Å². The summed E-state index contributed by atoms with van der Waals surface area (Å²) in [6.07, 6.45) is 2.12. The van der Waals surface area contributed by atoms with Crippen LogP contribution in [0.4, 0.5) is 0 Å². The van der Waals surface area contributed by atoms with Crippen LogP contribution in [0.25, 0.3) is 11.1 Å². The van der Waals surface area contributed by atoms with Crippen LogP contribution in [0.3, 0.4) is 0 Å². The van der Waals surface area contributed by atoms with Gasteiger partial charge in [0.25, 0.3) is 0 Å². The molecule has 3 aromatic rings. The van der Waals surface area contributed by atoms with Crippen molar-refractivity contribution in [1.82, 2.24) is 0 Å². The first kappa shape index (κ1) is 15.7. The van der Waals surface area contributed by atoms with Crippen molar-refractivity contribution in [2.75, 3.05) is 0 Å². The highest BCUT2D eigenvalue weighted by Gasteiger charge is 2.33. The third kappa shape index (κ3) is 2.64. The smallest absolute Gasteiger partial charge is 0.0202 e. The second-order valence-electron chi connectivity index (χ2n) is 6.64. The van der Waals surface area contributed by atoms with Gasteiger partial charge in [0.15, 0.2) is 0 Å². The van der Waals surface area contributed by atoms with Gasteiger partial charge in [0.1, 0.15) is 0 Å². The highest BCUT2D eigenvalue weighted by atomic mass is 14.4. The Balaban J connectivity index is 2.03. The van der Waals surface area contributed by atoms with Crippen molar-refractivity contribution in [3.63, 3.8) is 0 Å². The fourth-order valence-electron chi connectivity index (χ4n) is 4.18. The Labute approximate surface area is 150 Å². The molecule has 2 unspecified atom stereocenters. The zero-order valence-electron chi connectivity index (χ0n) is 14.5. The van der Waals surface area contributed by atoms with Gasteiger partial charge in [-0.2, -0.15) is 0 Å². The van der Waals surface area contributed by atoms with Gasteiger partial charge in [-0.15, -0.1) is 6.58 Å². The summed E-state index contributed by atoms with van der Waals surface area (Å²) in [6, 6.07) is 30.4. The summed E-state index contributed by atoms with van der Waals surface area (Å²) in [7, 11) is 0. The van der Waals surface area contributed by atoms with Crippen LogP contribution in [0.5, 0.6) is 0 Å². The largest absolute Gasteiger partial charge is 0.102 e. The normalized spacial score (nSPS) is 19.4. The molecule has 1 aliphatic carbocycles. The van der Waals surface area contributed by atoms with Crippen molar-refractivity contribution in [2.24, 2.45) is 0 Å². The topological polar surface area (TPSA) is 0 Å². The van der Waals surface area contributed by atoms with Gasteiger partial charge < -0.3 is 0 Å². The molecule has 1 aliphatic rings. The highest BCUT2D eigenvalue weighted by molar-refractivity contribution is 5.96. The summed E-state index contributed by atoms with van der Waals surface area (Å²) in [5.41, 5.74) is 8.15. The monoisotopic (exact) mass is 322 g/mol. The second kappa shape index (κ2) is 6.57. The number of hydrogen-bond donors (Lipinski definition) is 0. The molecule has 0 amide bonds. The first-order chi connectivity index (χ1) is 12.3. The van der Waals surface area contributed by atoms with Gasteiger partial charge >= 0.3 is 0 Å². The van der Waals surface area contributed by atoms with Crippen molar-refractivity contribution < 1.29 is 0 Å². The second-order valence-corrected chi connectivity index (χ2v) is 6.64. The van der Waals surface area contributed by atoms with Crippen molar-refractivity contribution in [3.8, 4) is 0 Å². The molecule has 0 heterocycles. The number of rotatable bonds is 3. The number of allylic oxidation sites excluding steroid dienone is 3. The lowest BCUT2D eigenvalue weighted by Gasteiger charge is -2.36. The fourth-order valence-corrected chi connectivity index (χ4v) is 4.18. The SMILES string of the molecule is C=CC1c2ccccc2C(C)=C(c2ccccc2)C1c1ccccc1. The van der Waals surface area contributed by atoms with Gasteiger partial charge in [0.2, 0.25) is 0 Å². The molecule has 0 radical (unpaired) electrons. The Morgan fingerprint density at radius 2 is 1.36 bits per heavy atom. The van der Waals surface area contributed by atoms with Gasteiger partial charge in [-0.05, 0) is 40.3 Å². The lowest BCUT2D eigenvalue weighted by Crippen LogP contribution is -2.18. The van der Waals surface area contributed by atoms with E-state index < -0.39 is 0 Å². The first-order valence-electron chi connectivity index (χ1n) is 8.84. The molecule has 0 aliphatic heterocycles. The summed E-state index contributed by atoms with van der Waals surface area (Å²) in [5, 5.41) is 0. The predicted octanol–water partition coefficient (Wildman–Crippen LogP) is 6.68. The van der Waals surface area contributed by atoms with Crippen LogP contribution < -0.4 is 0 Å². The van der Waals surface area contributed by atoms with Gasteiger partial charge in [-0.3, -0.25) is 0 Å². The number of benzene rings is 3. The maximum Gasteiger partial charge on any atom is 0.0202 e. The van der Waals surface area contributed by atoms with Crippen molar-refractivity contribution in [1.29, 1.82) is 0 Å². The first-order valence-corrected chi connectivity index (χ1v) is 8.84. The Morgan fingerprint density at radius 1 is 0.760 bits per heavy atom. The van der Waals surface area contributed by atoms with Crippen LogP contribution in [0, 0.1) is 0 Å². The maximum absolute atomic E-state index is 4.19. The maximum atomic E-state index is 4.19. The molecular formula is C25H22. The minimum atomic E-state index is 0.275. The molecule has 0 aromatic heterocycles. The minimum Gasteiger partial charge on any atom is -0.102 e. The third-order valence-electron chi connectivity index (χ3n) is 5.30. The van der Waals surface area contributed by atoms with Crippen molar-refractivity contribution in [3.05, 3.63) is 120 Å². The molecule has 2 atom stereocenters. The number of fused-ring (bicyclic) bond motifs is 1. The van der Waals surface area contributed by atoms with E-state index in [0.717, 1.165) is 0 Å². The molecule has 25 heavy (non-hydrogen) atoms. The van der Waals surface area contributed by atoms with E-state index in [-0.39, 0.29) is 11.8 Å². The van der Waals surface area contributed by atoms with Gasteiger partial charge in [0.05, 0.1) is 0 Å². The van der Waals surface area contributed by atoms with E-state index >= 15 is 0 Å². The van der Waals surface area contributed by atoms with Crippen molar-refractivity contribution in [2.45, 2.75) is 18.8 Å². The molecule has 0 saturated heterocycles.